The summed E-state index contributed by atoms with van der Waals surface area (Å²) in [5.41, 5.74) is 0.616. The molecule has 0 aliphatic carbocycles. The average Bonchev–Trinajstić information content (AvgIpc) is 2.48. The van der Waals surface area contributed by atoms with Crippen molar-refractivity contribution in [2.45, 2.75) is 19.2 Å². The van der Waals surface area contributed by atoms with Crippen LogP contribution in [0.5, 0.6) is 17.2 Å². The molecule has 0 amide bonds. The van der Waals surface area contributed by atoms with Crippen molar-refractivity contribution in [3.05, 3.63) is 54.1 Å². The second-order valence-corrected chi connectivity index (χ2v) is 5.23. The van der Waals surface area contributed by atoms with Gasteiger partial charge in [0.1, 0.15) is 23.8 Å². The molecule has 2 aromatic rings. The number of alkyl halides is 5. The SMILES string of the molecule is CC(F)(F)CN=Cc1ccc(Oc2ccc(OC(F)(F)F)cc2)cc1. The van der Waals surface area contributed by atoms with Gasteiger partial charge in [0.05, 0.1) is 0 Å². The molecule has 0 heterocycles. The molecule has 0 spiro atoms. The van der Waals surface area contributed by atoms with Crippen LogP contribution in [0.15, 0.2) is 53.5 Å². The third kappa shape index (κ3) is 7.19. The van der Waals surface area contributed by atoms with Crippen molar-refractivity contribution in [3.8, 4) is 17.2 Å². The van der Waals surface area contributed by atoms with Gasteiger partial charge in [-0.05, 0) is 54.1 Å². The van der Waals surface area contributed by atoms with Gasteiger partial charge in [-0.1, -0.05) is 0 Å². The monoisotopic (exact) mass is 359 g/mol. The van der Waals surface area contributed by atoms with Crippen molar-refractivity contribution in [2.24, 2.45) is 4.99 Å². The summed E-state index contributed by atoms with van der Waals surface area (Å²) in [7, 11) is 0. The van der Waals surface area contributed by atoms with Crippen molar-refractivity contribution >= 4 is 6.21 Å². The summed E-state index contributed by atoms with van der Waals surface area (Å²) in [6.07, 6.45) is -3.42. The Morgan fingerprint density at radius 1 is 0.840 bits per heavy atom. The van der Waals surface area contributed by atoms with Gasteiger partial charge >= 0.3 is 6.36 Å². The fourth-order valence-electron chi connectivity index (χ4n) is 1.78. The largest absolute Gasteiger partial charge is 0.573 e. The standard InChI is InChI=1S/C17H14F5NO2/c1-16(18,19)11-23-10-12-2-4-13(5-3-12)24-14-6-8-15(9-7-14)25-17(20,21)22/h2-10H,11H2,1H3. The maximum atomic E-state index is 12.6. The number of hydrogen-bond acceptors (Lipinski definition) is 3. The van der Waals surface area contributed by atoms with Gasteiger partial charge in [-0.25, -0.2) is 8.78 Å². The number of rotatable bonds is 6. The zero-order valence-electron chi connectivity index (χ0n) is 13.1. The van der Waals surface area contributed by atoms with E-state index in [9.17, 15) is 22.0 Å². The third-order valence-corrected chi connectivity index (χ3v) is 2.78. The molecule has 0 aromatic heterocycles. The van der Waals surface area contributed by atoms with Crippen LogP contribution in [-0.4, -0.2) is 25.0 Å². The Bertz CT molecular complexity index is 704. The summed E-state index contributed by atoms with van der Waals surface area (Å²) in [4.78, 5) is 3.64. The summed E-state index contributed by atoms with van der Waals surface area (Å²) < 4.78 is 70.8. The van der Waals surface area contributed by atoms with E-state index in [-0.39, 0.29) is 5.75 Å². The molecule has 0 aliphatic rings. The van der Waals surface area contributed by atoms with Crippen LogP contribution in [0.4, 0.5) is 22.0 Å². The number of hydrogen-bond donors (Lipinski definition) is 0. The molecule has 0 radical (unpaired) electrons. The van der Waals surface area contributed by atoms with Gasteiger partial charge in [0.15, 0.2) is 0 Å². The maximum Gasteiger partial charge on any atom is 0.573 e. The van der Waals surface area contributed by atoms with E-state index in [1.54, 1.807) is 24.3 Å². The van der Waals surface area contributed by atoms with Crippen LogP contribution in [0.1, 0.15) is 12.5 Å². The van der Waals surface area contributed by atoms with Crippen LogP contribution in [0.2, 0.25) is 0 Å². The first-order chi connectivity index (χ1) is 11.6. The van der Waals surface area contributed by atoms with Crippen LogP contribution >= 0.6 is 0 Å². The zero-order valence-corrected chi connectivity index (χ0v) is 13.1. The van der Waals surface area contributed by atoms with Crippen molar-refractivity contribution in [2.75, 3.05) is 6.54 Å². The Hall–Kier alpha value is -2.64. The second-order valence-electron chi connectivity index (χ2n) is 5.23. The summed E-state index contributed by atoms with van der Waals surface area (Å²) in [5.74, 6) is -2.45. The van der Waals surface area contributed by atoms with Crippen LogP contribution in [0.3, 0.4) is 0 Å². The predicted molar refractivity (Wildman–Crippen MR) is 82.7 cm³/mol. The van der Waals surface area contributed by atoms with Crippen LogP contribution in [0.25, 0.3) is 0 Å². The Labute approximate surface area is 140 Å². The molecule has 134 valence electrons. The van der Waals surface area contributed by atoms with E-state index in [2.05, 4.69) is 9.73 Å². The minimum absolute atomic E-state index is 0.321. The molecule has 2 rings (SSSR count). The van der Waals surface area contributed by atoms with E-state index in [1.165, 1.54) is 18.3 Å². The average molecular weight is 359 g/mol. The smallest absolute Gasteiger partial charge is 0.457 e. The minimum Gasteiger partial charge on any atom is -0.457 e. The molecule has 3 nitrogen and oxygen atoms in total. The molecule has 2 aromatic carbocycles. The van der Waals surface area contributed by atoms with E-state index in [4.69, 9.17) is 4.74 Å². The maximum absolute atomic E-state index is 12.6. The molecule has 0 N–H and O–H groups in total. The Kier molecular flexibility index (Phi) is 5.61. The minimum atomic E-state index is -4.75. The fraction of sp³-hybridized carbons (Fsp3) is 0.235. The molecule has 0 aliphatic heterocycles. The summed E-state index contributed by atoms with van der Waals surface area (Å²) in [6.45, 7) is 0.184. The lowest BCUT2D eigenvalue weighted by atomic mass is 10.2. The van der Waals surface area contributed by atoms with Crippen molar-refractivity contribution in [1.29, 1.82) is 0 Å². The summed E-state index contributed by atoms with van der Waals surface area (Å²) >= 11 is 0. The van der Waals surface area contributed by atoms with Gasteiger partial charge < -0.3 is 9.47 Å². The van der Waals surface area contributed by atoms with Crippen molar-refractivity contribution < 1.29 is 31.4 Å². The third-order valence-electron chi connectivity index (χ3n) is 2.78. The lowest BCUT2D eigenvalue weighted by Gasteiger charge is -2.10. The first-order valence-electron chi connectivity index (χ1n) is 7.12. The topological polar surface area (TPSA) is 30.8 Å². The van der Waals surface area contributed by atoms with E-state index in [0.717, 1.165) is 19.1 Å². The summed E-state index contributed by atoms with van der Waals surface area (Å²) in [5, 5.41) is 0. The van der Waals surface area contributed by atoms with Gasteiger partial charge in [0.2, 0.25) is 0 Å². The second kappa shape index (κ2) is 7.50. The van der Waals surface area contributed by atoms with Crippen molar-refractivity contribution in [1.82, 2.24) is 0 Å². The highest BCUT2D eigenvalue weighted by Gasteiger charge is 2.30. The quantitative estimate of drug-likeness (QED) is 0.507. The molecule has 25 heavy (non-hydrogen) atoms. The Morgan fingerprint density at radius 2 is 1.32 bits per heavy atom. The first kappa shape index (κ1) is 18.7. The molecule has 0 bridgehead atoms. The number of aliphatic imine (C=N–C) groups is 1. The lowest BCUT2D eigenvalue weighted by molar-refractivity contribution is -0.274. The fourth-order valence-corrected chi connectivity index (χ4v) is 1.78. The van der Waals surface area contributed by atoms with Crippen LogP contribution in [0, 0.1) is 0 Å². The Morgan fingerprint density at radius 3 is 1.80 bits per heavy atom. The number of halogens is 5. The molecule has 0 saturated carbocycles. The van der Waals surface area contributed by atoms with E-state index < -0.39 is 18.8 Å². The zero-order chi connectivity index (χ0) is 18.5. The normalized spacial score (nSPS) is 12.4. The lowest BCUT2D eigenvalue weighted by Crippen LogP contribution is -2.16. The molecule has 0 saturated heterocycles. The van der Waals surface area contributed by atoms with Crippen LogP contribution in [-0.2, 0) is 0 Å². The number of benzene rings is 2. The first-order valence-corrected chi connectivity index (χ1v) is 7.12. The molecule has 0 fully saturated rings. The highest BCUT2D eigenvalue weighted by atomic mass is 19.4. The Balaban J connectivity index is 1.95. The molecule has 0 atom stereocenters. The number of ether oxygens (including phenoxy) is 2. The van der Waals surface area contributed by atoms with Crippen molar-refractivity contribution in [3.63, 3.8) is 0 Å². The van der Waals surface area contributed by atoms with Gasteiger partial charge in [0, 0.05) is 13.1 Å². The molecule has 0 unspecified atom stereocenters. The van der Waals surface area contributed by atoms with Crippen LogP contribution < -0.4 is 9.47 Å². The molecular weight excluding hydrogens is 345 g/mol. The predicted octanol–water partition coefficient (Wildman–Crippen LogP) is 5.45. The van der Waals surface area contributed by atoms with Gasteiger partial charge in [0.25, 0.3) is 5.92 Å². The van der Waals surface area contributed by atoms with Gasteiger partial charge in [-0.3, -0.25) is 4.99 Å². The van der Waals surface area contributed by atoms with Gasteiger partial charge in [-0.2, -0.15) is 0 Å². The highest BCUT2D eigenvalue weighted by Crippen LogP contribution is 2.27. The van der Waals surface area contributed by atoms with E-state index >= 15 is 0 Å². The van der Waals surface area contributed by atoms with E-state index in [0.29, 0.717) is 17.1 Å². The summed E-state index contributed by atoms with van der Waals surface area (Å²) in [6, 6.07) is 11.3. The van der Waals surface area contributed by atoms with E-state index in [1.807, 2.05) is 0 Å². The highest BCUT2D eigenvalue weighted by molar-refractivity contribution is 5.79. The number of nitrogens with zero attached hydrogens (tertiary/aromatic N) is 1. The molecule has 8 heteroatoms. The van der Waals surface area contributed by atoms with Gasteiger partial charge in [-0.15, -0.1) is 13.2 Å². The molecular formula is C17H14F5NO2.